The van der Waals surface area contributed by atoms with Gasteiger partial charge in [0.15, 0.2) is 18.9 Å². The van der Waals surface area contributed by atoms with Crippen LogP contribution in [0.5, 0.6) is 0 Å². The molecule has 22 heteroatoms. The molecular formula is C46H83N5O17. The molecule has 4 amide bonds. The van der Waals surface area contributed by atoms with Gasteiger partial charge in [-0.25, -0.2) is 19.2 Å². The summed E-state index contributed by atoms with van der Waals surface area (Å²) in [7, 11) is 1.36. The Hall–Kier alpha value is -3.32. The minimum absolute atomic E-state index is 0.0197. The van der Waals surface area contributed by atoms with Crippen LogP contribution in [0.2, 0.25) is 0 Å². The van der Waals surface area contributed by atoms with Crippen molar-refractivity contribution in [2.24, 2.45) is 5.73 Å². The average molecular weight is 978 g/mol. The normalized spacial score (nSPS) is 32.9. The first-order chi connectivity index (χ1) is 31.2. The van der Waals surface area contributed by atoms with Crippen LogP contribution in [0.15, 0.2) is 0 Å². The van der Waals surface area contributed by atoms with E-state index < -0.39 is 126 Å². The number of hydrogen-bond acceptors (Lipinski definition) is 18. The Morgan fingerprint density at radius 2 is 1.28 bits per heavy atom. The largest absolute Gasteiger partial charge is 0.444 e. The number of nitrogens with one attached hydrogen (secondary N) is 2. The van der Waals surface area contributed by atoms with Gasteiger partial charge in [0, 0.05) is 26.2 Å². The number of alkyl carbamates (subject to hydrolysis) is 2. The quantitative estimate of drug-likeness (QED) is 0.144. The summed E-state index contributed by atoms with van der Waals surface area (Å²) in [5, 5.41) is 41.0. The third-order valence-corrected chi connectivity index (χ3v) is 11.2. The highest BCUT2D eigenvalue weighted by atomic mass is 16.7. The van der Waals surface area contributed by atoms with Gasteiger partial charge in [-0.05, 0) is 129 Å². The van der Waals surface area contributed by atoms with Crippen LogP contribution in [0.4, 0.5) is 19.2 Å². The van der Waals surface area contributed by atoms with E-state index in [1.165, 1.54) is 18.9 Å². The molecule has 0 radical (unpaired) electrons. The van der Waals surface area contributed by atoms with Crippen molar-refractivity contribution in [1.82, 2.24) is 20.4 Å². The Morgan fingerprint density at radius 3 is 1.84 bits per heavy atom. The Balaban J connectivity index is 1.65. The second-order valence-corrected chi connectivity index (χ2v) is 22.5. The van der Waals surface area contributed by atoms with Gasteiger partial charge in [0.1, 0.15) is 52.4 Å². The number of aliphatic hydroxyl groups excluding tert-OH is 2. The summed E-state index contributed by atoms with van der Waals surface area (Å²) in [5.74, 6) is 0. The summed E-state index contributed by atoms with van der Waals surface area (Å²) in [6.07, 6.45) is -10.00. The fourth-order valence-corrected chi connectivity index (χ4v) is 8.35. The zero-order valence-corrected chi connectivity index (χ0v) is 42.7. The highest BCUT2D eigenvalue weighted by Gasteiger charge is 2.54. The van der Waals surface area contributed by atoms with E-state index in [1.807, 2.05) is 0 Å². The number of ether oxygens (including phenoxy) is 10. The molecule has 1 unspecified atom stereocenters. The Morgan fingerprint density at radius 1 is 0.721 bits per heavy atom. The van der Waals surface area contributed by atoms with Crippen molar-refractivity contribution < 1.29 is 81.9 Å². The Kier molecular flexibility index (Phi) is 19.6. The topological polar surface area (TPSA) is 278 Å². The number of carbonyl (C=O) groups is 4. The summed E-state index contributed by atoms with van der Waals surface area (Å²) < 4.78 is 59.5. The van der Waals surface area contributed by atoms with E-state index in [1.54, 1.807) is 83.1 Å². The third-order valence-electron chi connectivity index (χ3n) is 11.2. The van der Waals surface area contributed by atoms with Crippen LogP contribution >= 0.6 is 0 Å². The molecule has 1 aliphatic carbocycles. The van der Waals surface area contributed by atoms with Gasteiger partial charge in [0.2, 0.25) is 0 Å². The summed E-state index contributed by atoms with van der Waals surface area (Å²) in [6.45, 7) is 22.4. The molecule has 13 atom stereocenters. The van der Waals surface area contributed by atoms with Crippen LogP contribution in [0.25, 0.3) is 0 Å². The number of rotatable bonds is 13. The first-order valence-corrected chi connectivity index (χ1v) is 23.8. The summed E-state index contributed by atoms with van der Waals surface area (Å²) in [4.78, 5) is 56.0. The van der Waals surface area contributed by atoms with E-state index in [2.05, 4.69) is 10.6 Å². The van der Waals surface area contributed by atoms with Crippen molar-refractivity contribution in [3.05, 3.63) is 0 Å². The van der Waals surface area contributed by atoms with Gasteiger partial charge in [-0.2, -0.15) is 0 Å². The lowest BCUT2D eigenvalue weighted by Gasteiger charge is -2.50. The highest BCUT2D eigenvalue weighted by molar-refractivity contribution is 5.69. The lowest BCUT2D eigenvalue weighted by molar-refractivity contribution is -0.314. The monoisotopic (exact) mass is 978 g/mol. The molecule has 68 heavy (non-hydrogen) atoms. The lowest BCUT2D eigenvalue weighted by Crippen LogP contribution is -2.70. The molecule has 4 rings (SSSR count). The minimum Gasteiger partial charge on any atom is -0.444 e. The molecule has 3 aliphatic heterocycles. The van der Waals surface area contributed by atoms with E-state index in [9.17, 15) is 34.5 Å². The van der Waals surface area contributed by atoms with Crippen molar-refractivity contribution >= 4 is 24.4 Å². The van der Waals surface area contributed by atoms with Crippen LogP contribution in [-0.2, 0) is 47.4 Å². The van der Waals surface area contributed by atoms with Crippen LogP contribution in [0.3, 0.4) is 0 Å². The highest BCUT2D eigenvalue weighted by Crippen LogP contribution is 2.35. The number of amides is 4. The summed E-state index contributed by atoms with van der Waals surface area (Å²) >= 11 is 0. The predicted octanol–water partition coefficient (Wildman–Crippen LogP) is 3.62. The van der Waals surface area contributed by atoms with Crippen molar-refractivity contribution in [2.75, 3.05) is 40.0 Å². The maximum absolute atomic E-state index is 13.7. The SMILES string of the molecule is CN(C(=O)OC(C)(C)C)[C@@H]1[C@@H](O)[C@@H](O[C@@H]2[C@@H](O)[C@H](O[C@H]3O[C@H](CN(CCOC4CCCCO4)C(=O)OC(C)(C)C)CC[C@H]3NC(=O)OC(C)(C)C)[C@@H](NC(=O)OC(C)(C)C)C[C@H]2N)OC[C@]1(C)O. The number of aliphatic hydroxyl groups is 3. The predicted molar refractivity (Wildman–Crippen MR) is 244 cm³/mol. The van der Waals surface area contributed by atoms with Crippen LogP contribution in [-0.4, -0.2) is 191 Å². The van der Waals surface area contributed by atoms with Crippen LogP contribution in [0.1, 0.15) is 129 Å². The molecule has 0 spiro atoms. The van der Waals surface area contributed by atoms with Crippen molar-refractivity contribution in [3.8, 4) is 0 Å². The molecule has 394 valence electrons. The van der Waals surface area contributed by atoms with E-state index in [0.717, 1.165) is 24.2 Å². The zero-order chi connectivity index (χ0) is 51.2. The second-order valence-electron chi connectivity index (χ2n) is 22.5. The van der Waals surface area contributed by atoms with Crippen molar-refractivity contribution in [3.63, 3.8) is 0 Å². The van der Waals surface area contributed by atoms with E-state index in [0.29, 0.717) is 13.0 Å². The standard InChI is InChI=1S/C46H83N5O17/c1-42(2,3)65-38(54)48-28-19-18-26(24-51(41(57)68-45(10,11)12)20-22-60-30-17-15-16-21-59-30)62-36(28)64-34-29(49-39(55)66-43(4,5)6)23-27(47)33(31(34)52)63-37-32(53)35(46(13,58)25-61-37)50(14)40(56)67-44(7,8)9/h26-37,52-53,58H,15-25,47H2,1-14H3,(H,48,54)(H,49,55)/t26-,27+,28+,29-,30?,31+,32+,33-,34+,35+,36+,37+,46-/m0/s1. The molecule has 22 nitrogen and oxygen atoms in total. The van der Waals surface area contributed by atoms with Gasteiger partial charge in [-0.15, -0.1) is 0 Å². The molecular weight excluding hydrogens is 895 g/mol. The summed E-state index contributed by atoms with van der Waals surface area (Å²) in [6, 6.07) is -4.28. The molecule has 3 heterocycles. The molecule has 1 saturated carbocycles. The number of nitrogens with two attached hydrogens (primary N) is 1. The number of carbonyl (C=O) groups excluding carboxylic acids is 4. The molecule has 4 fully saturated rings. The number of hydrogen-bond donors (Lipinski definition) is 6. The zero-order valence-electron chi connectivity index (χ0n) is 42.7. The van der Waals surface area contributed by atoms with Crippen LogP contribution < -0.4 is 16.4 Å². The molecule has 0 bridgehead atoms. The molecule has 4 aliphatic rings. The fourth-order valence-electron chi connectivity index (χ4n) is 8.35. The molecule has 3 saturated heterocycles. The molecule has 0 aromatic heterocycles. The Bertz CT molecular complexity index is 1660. The first-order valence-electron chi connectivity index (χ1n) is 23.8. The van der Waals surface area contributed by atoms with Gasteiger partial charge in [0.05, 0.1) is 44.0 Å². The summed E-state index contributed by atoms with van der Waals surface area (Å²) in [5.41, 5.74) is 1.46. The molecule has 7 N–H and O–H groups in total. The molecule has 0 aromatic rings. The smallest absolute Gasteiger partial charge is 0.410 e. The van der Waals surface area contributed by atoms with Crippen molar-refractivity contribution in [2.45, 2.75) is 230 Å². The van der Waals surface area contributed by atoms with Crippen LogP contribution in [0, 0.1) is 0 Å². The van der Waals surface area contributed by atoms with E-state index in [-0.39, 0.29) is 38.8 Å². The van der Waals surface area contributed by atoms with Gasteiger partial charge in [0.25, 0.3) is 0 Å². The second kappa shape index (κ2) is 23.3. The van der Waals surface area contributed by atoms with Gasteiger partial charge >= 0.3 is 24.4 Å². The van der Waals surface area contributed by atoms with E-state index in [4.69, 9.17) is 53.1 Å². The fraction of sp³-hybridized carbons (Fsp3) is 0.913. The maximum Gasteiger partial charge on any atom is 0.410 e. The minimum atomic E-state index is -1.77. The third kappa shape index (κ3) is 17.8. The molecule has 0 aromatic carbocycles. The van der Waals surface area contributed by atoms with Gasteiger partial charge in [-0.1, -0.05) is 0 Å². The number of nitrogens with zero attached hydrogens (tertiary/aromatic N) is 2. The van der Waals surface area contributed by atoms with Crippen molar-refractivity contribution in [1.29, 1.82) is 0 Å². The Labute approximate surface area is 401 Å². The maximum atomic E-state index is 13.7. The average Bonchev–Trinajstić information content (AvgIpc) is 3.16. The lowest BCUT2D eigenvalue weighted by atomic mass is 9.83. The number of likely N-dealkylation sites (N-methyl/N-ethyl adjacent to an activating group) is 1. The van der Waals surface area contributed by atoms with E-state index >= 15 is 0 Å². The van der Waals surface area contributed by atoms with Gasteiger partial charge < -0.3 is 88.9 Å². The first kappa shape index (κ1) is 57.3. The van der Waals surface area contributed by atoms with Gasteiger partial charge in [-0.3, -0.25) is 0 Å².